The van der Waals surface area contributed by atoms with E-state index < -0.39 is 11.7 Å². The van der Waals surface area contributed by atoms with Crippen LogP contribution in [0.25, 0.3) is 11.3 Å². The maximum Gasteiger partial charge on any atom is 0.416 e. The van der Waals surface area contributed by atoms with Crippen LogP contribution in [0.4, 0.5) is 19.0 Å². The molecule has 0 amide bonds. The summed E-state index contributed by atoms with van der Waals surface area (Å²) in [5.41, 5.74) is 2.28. The third kappa shape index (κ3) is 8.96. The van der Waals surface area contributed by atoms with Gasteiger partial charge < -0.3 is 19.9 Å². The highest BCUT2D eigenvalue weighted by molar-refractivity contribution is 5.70. The number of nitrogens with zero attached hydrogens (tertiary/aromatic N) is 2. The summed E-state index contributed by atoms with van der Waals surface area (Å²) in [6.07, 6.45) is 2.20. The molecule has 10 heteroatoms. The van der Waals surface area contributed by atoms with Gasteiger partial charge in [0.1, 0.15) is 0 Å². The first-order chi connectivity index (χ1) is 17.8. The van der Waals surface area contributed by atoms with Gasteiger partial charge in [-0.05, 0) is 55.9 Å². The van der Waals surface area contributed by atoms with Crippen LogP contribution >= 0.6 is 0 Å². The zero-order valence-electron chi connectivity index (χ0n) is 21.9. The number of rotatable bonds is 10. The van der Waals surface area contributed by atoms with E-state index in [4.69, 9.17) is 4.74 Å². The molecule has 0 aliphatic carbocycles. The third-order valence-corrected chi connectivity index (χ3v) is 6.23. The molecular formula is C27H38F3N3O4. The normalized spacial score (nSPS) is 14.0. The van der Waals surface area contributed by atoms with Gasteiger partial charge in [-0.1, -0.05) is 39.2 Å². The number of benzene rings is 1. The van der Waals surface area contributed by atoms with E-state index in [1.807, 2.05) is 0 Å². The van der Waals surface area contributed by atoms with E-state index in [1.54, 1.807) is 6.92 Å². The Labute approximate surface area is 216 Å². The minimum atomic E-state index is -4.43. The predicted molar refractivity (Wildman–Crippen MR) is 136 cm³/mol. The molecule has 1 aliphatic heterocycles. The molecule has 0 spiro atoms. The fourth-order valence-electron chi connectivity index (χ4n) is 4.21. The number of alkyl halides is 3. The number of nitrogens with one attached hydrogen (secondary N) is 1. The van der Waals surface area contributed by atoms with Crippen LogP contribution in [0.2, 0.25) is 0 Å². The maximum absolute atomic E-state index is 13.2. The first-order valence-electron chi connectivity index (χ1n) is 12.9. The Morgan fingerprint density at radius 3 is 2.59 bits per heavy atom. The number of hydrogen-bond acceptors (Lipinski definition) is 7. The molecule has 1 aromatic heterocycles. The van der Waals surface area contributed by atoms with Gasteiger partial charge in [-0.15, -0.1) is 10.2 Å². The Hall–Kier alpha value is -2.72. The minimum Gasteiger partial charge on any atom is -0.468 e. The van der Waals surface area contributed by atoms with Crippen LogP contribution < -0.4 is 5.32 Å². The summed E-state index contributed by atoms with van der Waals surface area (Å²) in [5.74, 6) is 0.559. The zero-order chi connectivity index (χ0) is 27.3. The van der Waals surface area contributed by atoms with E-state index in [0.29, 0.717) is 60.7 Å². The highest BCUT2D eigenvalue weighted by Gasteiger charge is 2.32. The number of hydrogen-bond donors (Lipinski definition) is 2. The van der Waals surface area contributed by atoms with Crippen LogP contribution in [0.15, 0.2) is 18.2 Å². The van der Waals surface area contributed by atoms with Crippen molar-refractivity contribution < 1.29 is 32.5 Å². The largest absolute Gasteiger partial charge is 0.468 e. The molecule has 0 saturated carbocycles. The van der Waals surface area contributed by atoms with E-state index in [1.165, 1.54) is 6.07 Å². The van der Waals surface area contributed by atoms with Gasteiger partial charge in [-0.3, -0.25) is 4.79 Å². The molecule has 2 N–H and O–H groups in total. The Kier molecular flexibility index (Phi) is 12.8. The summed E-state index contributed by atoms with van der Waals surface area (Å²) in [7, 11) is 0. The number of anilines is 1. The fourth-order valence-corrected chi connectivity index (χ4v) is 4.21. The second kappa shape index (κ2) is 15.5. The lowest BCUT2D eigenvalue weighted by Crippen LogP contribution is -2.21. The van der Waals surface area contributed by atoms with Crippen LogP contribution in [0.5, 0.6) is 0 Å². The molecule has 1 atom stereocenters. The molecular weight excluding hydrogens is 487 g/mol. The predicted octanol–water partition coefficient (Wildman–Crippen LogP) is 6.07. The van der Waals surface area contributed by atoms with E-state index >= 15 is 0 Å². The van der Waals surface area contributed by atoms with Gasteiger partial charge in [-0.25, -0.2) is 0 Å². The van der Waals surface area contributed by atoms with E-state index in [9.17, 15) is 23.1 Å². The van der Waals surface area contributed by atoms with Crippen molar-refractivity contribution >= 4 is 12.3 Å². The molecule has 7 nitrogen and oxygen atoms in total. The molecule has 1 aromatic carbocycles. The number of aromatic nitrogens is 2. The Morgan fingerprint density at radius 2 is 2.00 bits per heavy atom. The van der Waals surface area contributed by atoms with Crippen molar-refractivity contribution in [3.63, 3.8) is 0 Å². The molecule has 0 bridgehead atoms. The van der Waals surface area contributed by atoms with Crippen molar-refractivity contribution in [1.29, 1.82) is 0 Å². The zero-order valence-corrected chi connectivity index (χ0v) is 21.9. The lowest BCUT2D eigenvalue weighted by molar-refractivity contribution is -0.137. The van der Waals surface area contributed by atoms with Gasteiger partial charge in [-0.2, -0.15) is 13.2 Å². The van der Waals surface area contributed by atoms with Crippen LogP contribution in [-0.4, -0.2) is 41.0 Å². The quantitative estimate of drug-likeness (QED) is 0.287. The number of unbranched alkanes of at least 4 members (excludes halogenated alkanes) is 2. The highest BCUT2D eigenvalue weighted by atomic mass is 19.4. The summed E-state index contributed by atoms with van der Waals surface area (Å²) in [6, 6.07) is 3.85. The first kappa shape index (κ1) is 30.5. The summed E-state index contributed by atoms with van der Waals surface area (Å²) < 4.78 is 49.5. The third-order valence-electron chi connectivity index (χ3n) is 6.23. The van der Waals surface area contributed by atoms with Gasteiger partial charge in [0.25, 0.3) is 6.47 Å². The Morgan fingerprint density at radius 1 is 1.22 bits per heavy atom. The van der Waals surface area contributed by atoms with Crippen LogP contribution in [-0.2, 0) is 40.1 Å². The lowest BCUT2D eigenvalue weighted by Gasteiger charge is -2.22. The van der Waals surface area contributed by atoms with Gasteiger partial charge in [0, 0.05) is 23.8 Å². The molecule has 0 saturated heterocycles. The van der Waals surface area contributed by atoms with Crippen molar-refractivity contribution in [2.24, 2.45) is 0 Å². The number of carbonyl (C=O) groups is 1. The van der Waals surface area contributed by atoms with Gasteiger partial charge in [0.2, 0.25) is 0 Å². The number of fused-ring (bicyclic) bond motifs is 3. The second-order valence-electron chi connectivity index (χ2n) is 8.84. The molecule has 206 valence electrons. The molecule has 1 aliphatic rings. The minimum absolute atomic E-state index is 0.0736. The molecule has 2 heterocycles. The summed E-state index contributed by atoms with van der Waals surface area (Å²) >= 11 is 0. The maximum atomic E-state index is 13.2. The molecule has 37 heavy (non-hydrogen) atoms. The average Bonchev–Trinajstić information content (AvgIpc) is 2.97. The van der Waals surface area contributed by atoms with Crippen LogP contribution in [0, 0.1) is 0 Å². The Bertz CT molecular complexity index is 986. The molecule has 1 unspecified atom stereocenters. The van der Waals surface area contributed by atoms with E-state index in [-0.39, 0.29) is 19.3 Å². The second-order valence-corrected chi connectivity index (χ2v) is 8.84. The van der Waals surface area contributed by atoms with Crippen molar-refractivity contribution in [1.82, 2.24) is 10.2 Å². The fraction of sp³-hybridized carbons (Fsp3) is 0.593. The summed E-state index contributed by atoms with van der Waals surface area (Å²) in [5, 5.41) is 22.5. The highest BCUT2D eigenvalue weighted by Crippen LogP contribution is 2.36. The van der Waals surface area contributed by atoms with Crippen molar-refractivity contribution in [2.75, 3.05) is 18.5 Å². The standard InChI is InChI=1S/C24H32F3N3O2.C3H6O2/c1-3-5-6-8-18(4-2)28-23-21(14-31)20-9-7-12-32-15-16-13-17(24(25,26)27)10-11-19(16)22(20)29-30-23;1-2-5-3-4/h10-11,13,18,31H,3-9,12,14-15H2,1-2H3,(H,28,30);3H,2H2,1H3. The number of aliphatic hydroxyl groups is 1. The number of aliphatic hydroxyl groups excluding tert-OH is 1. The lowest BCUT2D eigenvalue weighted by atomic mass is 9.94. The first-order valence-corrected chi connectivity index (χ1v) is 12.9. The van der Waals surface area contributed by atoms with Crippen LogP contribution in [0.3, 0.4) is 0 Å². The van der Waals surface area contributed by atoms with E-state index in [2.05, 4.69) is 34.1 Å². The van der Waals surface area contributed by atoms with Gasteiger partial charge >= 0.3 is 6.18 Å². The number of halogens is 3. The summed E-state index contributed by atoms with van der Waals surface area (Å²) in [4.78, 5) is 9.18. The smallest absolute Gasteiger partial charge is 0.416 e. The van der Waals surface area contributed by atoms with Crippen molar-refractivity contribution in [2.45, 2.75) is 91.1 Å². The molecule has 0 fully saturated rings. The average molecular weight is 526 g/mol. The van der Waals surface area contributed by atoms with Gasteiger partial charge in [0.15, 0.2) is 5.82 Å². The topological polar surface area (TPSA) is 93.6 Å². The molecule has 0 radical (unpaired) electrons. The monoisotopic (exact) mass is 525 g/mol. The van der Waals surface area contributed by atoms with Crippen molar-refractivity contribution in [3.8, 4) is 11.3 Å². The molecule has 2 aromatic rings. The number of ether oxygens (including phenoxy) is 2. The van der Waals surface area contributed by atoms with E-state index in [0.717, 1.165) is 49.8 Å². The molecule has 3 rings (SSSR count). The summed E-state index contributed by atoms with van der Waals surface area (Å²) in [6.45, 7) is 7.21. The van der Waals surface area contributed by atoms with Crippen molar-refractivity contribution in [3.05, 3.63) is 40.5 Å². The van der Waals surface area contributed by atoms with Crippen LogP contribution in [0.1, 0.15) is 81.5 Å². The number of carbonyl (C=O) groups excluding carboxylic acids is 1. The SMILES string of the molecule is CCCCCC(CC)Nc1nnc2c(c1CO)CCCOCc1cc(C(F)(F)F)ccc1-2.CCOC=O. The van der Waals surface area contributed by atoms with Gasteiger partial charge in [0.05, 0.1) is 31.1 Å². The Balaban J connectivity index is 0.000000877.